The quantitative estimate of drug-likeness (QED) is 0.550. The Balaban J connectivity index is 1.64. The summed E-state index contributed by atoms with van der Waals surface area (Å²) in [6.45, 7) is 5.18. The standard InChI is InChI=1S/C25H27FN4O2/c1-18-19(2)30(16-20-9-5-4-6-10-20)25(21(18)15-27)28-24(31)17-29(3)13-14-32-23-12-8-7-11-22(23)26/h4-12H,13-14,16-17H2,1-3H3,(H,28,31). The van der Waals surface area contributed by atoms with E-state index in [1.807, 2.05) is 48.7 Å². The Morgan fingerprint density at radius 2 is 1.84 bits per heavy atom. The average molecular weight is 435 g/mol. The topological polar surface area (TPSA) is 70.3 Å². The number of hydrogen-bond acceptors (Lipinski definition) is 4. The van der Waals surface area contributed by atoms with Crippen LogP contribution in [-0.2, 0) is 11.3 Å². The molecule has 2 aromatic carbocycles. The van der Waals surface area contributed by atoms with Gasteiger partial charge in [-0.05, 0) is 44.2 Å². The van der Waals surface area contributed by atoms with Crippen LogP contribution in [-0.4, -0.2) is 42.1 Å². The van der Waals surface area contributed by atoms with E-state index in [4.69, 9.17) is 4.74 Å². The fourth-order valence-electron chi connectivity index (χ4n) is 3.46. The summed E-state index contributed by atoms with van der Waals surface area (Å²) in [5.74, 6) is 0.0459. The van der Waals surface area contributed by atoms with Gasteiger partial charge in [0, 0.05) is 18.8 Å². The number of carbonyl (C=O) groups is 1. The molecule has 0 aliphatic rings. The molecule has 0 aliphatic carbocycles. The number of nitrogens with zero attached hydrogens (tertiary/aromatic N) is 3. The molecule has 1 heterocycles. The molecule has 1 aromatic heterocycles. The fourth-order valence-corrected chi connectivity index (χ4v) is 3.46. The number of hydrogen-bond donors (Lipinski definition) is 1. The van der Waals surface area contributed by atoms with Gasteiger partial charge in [-0.15, -0.1) is 0 Å². The maximum atomic E-state index is 13.6. The molecule has 166 valence electrons. The number of carbonyl (C=O) groups excluding carboxylic acids is 1. The molecule has 1 N–H and O–H groups in total. The highest BCUT2D eigenvalue weighted by Gasteiger charge is 2.20. The summed E-state index contributed by atoms with van der Waals surface area (Å²) in [5.41, 5.74) is 3.34. The largest absolute Gasteiger partial charge is 0.489 e. The van der Waals surface area contributed by atoms with E-state index in [1.54, 1.807) is 30.1 Å². The van der Waals surface area contributed by atoms with Crippen molar-refractivity contribution >= 4 is 11.7 Å². The number of ether oxygens (including phenoxy) is 1. The highest BCUT2D eigenvalue weighted by atomic mass is 19.1. The molecule has 0 unspecified atom stereocenters. The van der Waals surface area contributed by atoms with Crippen LogP contribution in [0.4, 0.5) is 10.2 Å². The zero-order valence-corrected chi connectivity index (χ0v) is 18.6. The molecule has 0 radical (unpaired) electrons. The van der Waals surface area contributed by atoms with Gasteiger partial charge in [-0.2, -0.15) is 5.26 Å². The molecule has 0 saturated carbocycles. The minimum absolute atomic E-state index is 0.111. The Labute approximate surface area is 187 Å². The first-order valence-corrected chi connectivity index (χ1v) is 10.4. The Bertz CT molecular complexity index is 1120. The van der Waals surface area contributed by atoms with E-state index in [9.17, 15) is 14.4 Å². The number of likely N-dealkylation sites (N-methyl/N-ethyl adjacent to an activating group) is 1. The first-order chi connectivity index (χ1) is 15.4. The van der Waals surface area contributed by atoms with Crippen molar-refractivity contribution in [1.29, 1.82) is 5.26 Å². The first-order valence-electron chi connectivity index (χ1n) is 10.4. The summed E-state index contributed by atoms with van der Waals surface area (Å²) in [6.07, 6.45) is 0. The van der Waals surface area contributed by atoms with Gasteiger partial charge in [0.1, 0.15) is 18.5 Å². The molecular formula is C25H27FN4O2. The number of nitrogens with one attached hydrogen (secondary N) is 1. The molecule has 0 saturated heterocycles. The van der Waals surface area contributed by atoms with Crippen molar-refractivity contribution in [1.82, 2.24) is 9.47 Å². The zero-order valence-electron chi connectivity index (χ0n) is 18.6. The van der Waals surface area contributed by atoms with E-state index >= 15 is 0 Å². The second-order valence-corrected chi connectivity index (χ2v) is 7.68. The van der Waals surface area contributed by atoms with Crippen LogP contribution in [0, 0.1) is 31.0 Å². The normalized spacial score (nSPS) is 10.8. The van der Waals surface area contributed by atoms with Crippen LogP contribution >= 0.6 is 0 Å². The molecule has 0 spiro atoms. The van der Waals surface area contributed by atoms with Gasteiger partial charge in [0.15, 0.2) is 11.6 Å². The summed E-state index contributed by atoms with van der Waals surface area (Å²) in [7, 11) is 1.79. The van der Waals surface area contributed by atoms with E-state index in [0.29, 0.717) is 24.5 Å². The van der Waals surface area contributed by atoms with E-state index in [1.165, 1.54) is 6.07 Å². The summed E-state index contributed by atoms with van der Waals surface area (Å²) >= 11 is 0. The molecule has 3 rings (SSSR count). The van der Waals surface area contributed by atoms with Crippen LogP contribution in [0.15, 0.2) is 54.6 Å². The summed E-state index contributed by atoms with van der Waals surface area (Å²) < 4.78 is 21.0. The van der Waals surface area contributed by atoms with E-state index in [-0.39, 0.29) is 24.8 Å². The van der Waals surface area contributed by atoms with Gasteiger partial charge >= 0.3 is 0 Å². The molecular weight excluding hydrogens is 407 g/mol. The predicted octanol–water partition coefficient (Wildman–Crippen LogP) is 4.11. The predicted molar refractivity (Wildman–Crippen MR) is 122 cm³/mol. The molecule has 32 heavy (non-hydrogen) atoms. The van der Waals surface area contributed by atoms with Gasteiger partial charge in [0.25, 0.3) is 0 Å². The van der Waals surface area contributed by atoms with E-state index in [0.717, 1.165) is 16.8 Å². The van der Waals surface area contributed by atoms with Crippen molar-refractivity contribution in [3.8, 4) is 11.8 Å². The van der Waals surface area contributed by atoms with Crippen molar-refractivity contribution in [2.24, 2.45) is 0 Å². The van der Waals surface area contributed by atoms with Gasteiger partial charge in [0.2, 0.25) is 5.91 Å². The molecule has 0 fully saturated rings. The lowest BCUT2D eigenvalue weighted by atomic mass is 10.2. The van der Waals surface area contributed by atoms with Crippen molar-refractivity contribution in [2.45, 2.75) is 20.4 Å². The maximum Gasteiger partial charge on any atom is 0.239 e. The Kier molecular flexibility index (Phi) is 7.63. The van der Waals surface area contributed by atoms with Crippen molar-refractivity contribution in [2.75, 3.05) is 32.1 Å². The number of anilines is 1. The second-order valence-electron chi connectivity index (χ2n) is 7.68. The summed E-state index contributed by atoms with van der Waals surface area (Å²) in [6, 6.07) is 18.3. The lowest BCUT2D eigenvalue weighted by molar-refractivity contribution is -0.117. The fraction of sp³-hybridized carbons (Fsp3) is 0.280. The van der Waals surface area contributed by atoms with E-state index in [2.05, 4.69) is 11.4 Å². The van der Waals surface area contributed by atoms with Gasteiger partial charge in [0.05, 0.1) is 12.1 Å². The minimum Gasteiger partial charge on any atom is -0.489 e. The number of halogens is 1. The Morgan fingerprint density at radius 1 is 1.16 bits per heavy atom. The number of amides is 1. The summed E-state index contributed by atoms with van der Waals surface area (Å²) in [5, 5.41) is 12.6. The highest BCUT2D eigenvalue weighted by Crippen LogP contribution is 2.27. The molecule has 7 heteroatoms. The average Bonchev–Trinajstić information content (AvgIpc) is 2.99. The lowest BCUT2D eigenvalue weighted by Crippen LogP contribution is -2.33. The third kappa shape index (κ3) is 5.54. The maximum absolute atomic E-state index is 13.6. The third-order valence-corrected chi connectivity index (χ3v) is 5.36. The monoisotopic (exact) mass is 434 g/mol. The molecule has 3 aromatic rings. The van der Waals surface area contributed by atoms with Crippen LogP contribution in [0.25, 0.3) is 0 Å². The van der Waals surface area contributed by atoms with Crippen LogP contribution in [0.3, 0.4) is 0 Å². The number of nitriles is 1. The van der Waals surface area contributed by atoms with Gasteiger partial charge in [-0.25, -0.2) is 4.39 Å². The third-order valence-electron chi connectivity index (χ3n) is 5.36. The van der Waals surface area contributed by atoms with Gasteiger partial charge in [-0.3, -0.25) is 9.69 Å². The Morgan fingerprint density at radius 3 is 2.53 bits per heavy atom. The van der Waals surface area contributed by atoms with Crippen molar-refractivity contribution in [3.05, 3.63) is 82.8 Å². The van der Waals surface area contributed by atoms with Crippen molar-refractivity contribution in [3.63, 3.8) is 0 Å². The van der Waals surface area contributed by atoms with Crippen molar-refractivity contribution < 1.29 is 13.9 Å². The molecule has 0 atom stereocenters. The highest BCUT2D eigenvalue weighted by molar-refractivity contribution is 5.93. The molecule has 0 bridgehead atoms. The Hall–Kier alpha value is -3.63. The van der Waals surface area contributed by atoms with Crippen LogP contribution in [0.5, 0.6) is 5.75 Å². The number of para-hydroxylation sites is 1. The SMILES string of the molecule is Cc1c(C#N)c(NC(=O)CN(C)CCOc2ccccc2F)n(Cc2ccccc2)c1C. The number of rotatable bonds is 9. The molecule has 0 aliphatic heterocycles. The second kappa shape index (κ2) is 10.6. The number of aromatic nitrogens is 1. The summed E-state index contributed by atoms with van der Waals surface area (Å²) in [4.78, 5) is 14.5. The number of benzene rings is 2. The lowest BCUT2D eigenvalue weighted by Gasteiger charge is -2.18. The van der Waals surface area contributed by atoms with Gasteiger partial charge < -0.3 is 14.6 Å². The zero-order chi connectivity index (χ0) is 23.1. The molecule has 1 amide bonds. The van der Waals surface area contributed by atoms with Crippen LogP contribution < -0.4 is 10.1 Å². The van der Waals surface area contributed by atoms with Gasteiger partial charge in [-0.1, -0.05) is 42.5 Å². The first kappa shape index (κ1) is 23.0. The van der Waals surface area contributed by atoms with Crippen LogP contribution in [0.2, 0.25) is 0 Å². The molecule has 6 nitrogen and oxygen atoms in total. The minimum atomic E-state index is -0.415. The smallest absolute Gasteiger partial charge is 0.239 e. The van der Waals surface area contributed by atoms with E-state index < -0.39 is 5.82 Å². The van der Waals surface area contributed by atoms with Crippen LogP contribution in [0.1, 0.15) is 22.4 Å².